The van der Waals surface area contributed by atoms with Crippen molar-refractivity contribution in [3.8, 4) is 0 Å². The number of rotatable bonds is 6. The van der Waals surface area contributed by atoms with Crippen molar-refractivity contribution in [1.29, 1.82) is 0 Å². The van der Waals surface area contributed by atoms with E-state index >= 15 is 0 Å². The van der Waals surface area contributed by atoms with Crippen LogP contribution in [0, 0.1) is 5.92 Å². The largest absolute Gasteiger partial charge is 0.480 e. The summed E-state index contributed by atoms with van der Waals surface area (Å²) in [5, 5.41) is 8.91. The molecule has 0 fully saturated rings. The Kier molecular flexibility index (Phi) is 5.45. The maximum Gasteiger partial charge on any atom is 0.321 e. The lowest BCUT2D eigenvalue weighted by molar-refractivity contribution is -0.136. The van der Waals surface area contributed by atoms with Gasteiger partial charge in [-0.1, -0.05) is 56.3 Å². The molecular weight excluding hydrogens is 280 g/mol. The van der Waals surface area contributed by atoms with Gasteiger partial charge in [0.15, 0.2) is 0 Å². The zero-order valence-corrected chi connectivity index (χ0v) is 13.1. The Bertz CT molecular complexity index is 576. The van der Waals surface area contributed by atoms with Crippen molar-refractivity contribution >= 4 is 17.7 Å². The molecule has 0 bridgehead atoms. The molecule has 0 radical (unpaired) electrons. The average Bonchev–Trinajstić information content (AvgIpc) is 2.46. The Balaban J connectivity index is 2.16. The summed E-state index contributed by atoms with van der Waals surface area (Å²) in [5.74, 6) is -0.203. The molecule has 0 aliphatic rings. The summed E-state index contributed by atoms with van der Waals surface area (Å²) in [7, 11) is 0. The van der Waals surface area contributed by atoms with Gasteiger partial charge >= 0.3 is 5.97 Å². The minimum absolute atomic E-state index is 0.569. The van der Waals surface area contributed by atoms with E-state index in [0.29, 0.717) is 5.92 Å². The Hall–Kier alpha value is -1.74. The highest BCUT2D eigenvalue weighted by Gasteiger charge is 2.21. The van der Waals surface area contributed by atoms with E-state index in [4.69, 9.17) is 0 Å². The minimum Gasteiger partial charge on any atom is -0.480 e. The van der Waals surface area contributed by atoms with Gasteiger partial charge in [0.1, 0.15) is 5.25 Å². The minimum atomic E-state index is -0.805. The molecule has 3 heteroatoms. The predicted molar refractivity (Wildman–Crippen MR) is 87.7 cm³/mol. The van der Waals surface area contributed by atoms with Crippen LogP contribution in [0.3, 0.4) is 0 Å². The van der Waals surface area contributed by atoms with E-state index in [-0.39, 0.29) is 0 Å². The first-order valence-electron chi connectivity index (χ1n) is 7.09. The van der Waals surface area contributed by atoms with E-state index < -0.39 is 11.2 Å². The average molecular weight is 300 g/mol. The zero-order chi connectivity index (χ0) is 15.2. The standard InChI is InChI=1S/C18H20O2S/c1-13(2)12-14-8-10-15(11-9-14)17(18(19)20)21-16-6-4-3-5-7-16/h3-11,13,17H,12H2,1-2H3,(H,19,20). The highest BCUT2D eigenvalue weighted by atomic mass is 32.2. The second-order valence-electron chi connectivity index (χ2n) is 5.49. The first-order chi connectivity index (χ1) is 10.1. The maximum absolute atomic E-state index is 11.5. The van der Waals surface area contributed by atoms with Crippen LogP contribution in [-0.4, -0.2) is 11.1 Å². The molecule has 1 N–H and O–H groups in total. The van der Waals surface area contributed by atoms with Crippen molar-refractivity contribution in [3.63, 3.8) is 0 Å². The molecule has 2 aromatic rings. The SMILES string of the molecule is CC(C)Cc1ccc(C(Sc2ccccc2)C(=O)O)cc1. The predicted octanol–water partition coefficient (Wildman–Crippen LogP) is 4.80. The summed E-state index contributed by atoms with van der Waals surface area (Å²) >= 11 is 1.37. The van der Waals surface area contributed by atoms with Gasteiger partial charge in [0, 0.05) is 4.90 Å². The fourth-order valence-electron chi connectivity index (χ4n) is 2.20. The lowest BCUT2D eigenvalue weighted by Gasteiger charge is -2.13. The van der Waals surface area contributed by atoms with E-state index in [2.05, 4.69) is 13.8 Å². The van der Waals surface area contributed by atoms with Crippen molar-refractivity contribution in [1.82, 2.24) is 0 Å². The quantitative estimate of drug-likeness (QED) is 0.778. The summed E-state index contributed by atoms with van der Waals surface area (Å²) in [4.78, 5) is 12.5. The smallest absolute Gasteiger partial charge is 0.321 e. The van der Waals surface area contributed by atoms with Crippen LogP contribution in [-0.2, 0) is 11.2 Å². The van der Waals surface area contributed by atoms with Gasteiger partial charge in [-0.15, -0.1) is 11.8 Å². The summed E-state index contributed by atoms with van der Waals surface area (Å²) in [6, 6.07) is 17.6. The van der Waals surface area contributed by atoms with Crippen LogP contribution < -0.4 is 0 Å². The Morgan fingerprint density at radius 2 is 1.67 bits per heavy atom. The number of benzene rings is 2. The van der Waals surface area contributed by atoms with E-state index in [9.17, 15) is 9.90 Å². The molecule has 110 valence electrons. The van der Waals surface area contributed by atoms with Crippen LogP contribution in [0.15, 0.2) is 59.5 Å². The molecular formula is C18H20O2S. The van der Waals surface area contributed by atoms with Crippen LogP contribution >= 0.6 is 11.8 Å². The second kappa shape index (κ2) is 7.32. The van der Waals surface area contributed by atoms with Crippen LogP contribution in [0.2, 0.25) is 0 Å². The summed E-state index contributed by atoms with van der Waals surface area (Å²) in [5.41, 5.74) is 2.09. The molecule has 0 aliphatic heterocycles. The van der Waals surface area contributed by atoms with Crippen LogP contribution in [0.1, 0.15) is 30.2 Å². The van der Waals surface area contributed by atoms with Crippen molar-refractivity contribution in [2.75, 3.05) is 0 Å². The lowest BCUT2D eigenvalue weighted by Crippen LogP contribution is -2.08. The van der Waals surface area contributed by atoms with Gasteiger partial charge in [-0.3, -0.25) is 4.79 Å². The monoisotopic (exact) mass is 300 g/mol. The van der Waals surface area contributed by atoms with Crippen molar-refractivity contribution in [2.45, 2.75) is 30.4 Å². The topological polar surface area (TPSA) is 37.3 Å². The molecule has 1 unspecified atom stereocenters. The number of aliphatic carboxylic acids is 1. The Labute approximate surface area is 130 Å². The highest BCUT2D eigenvalue weighted by molar-refractivity contribution is 8.00. The zero-order valence-electron chi connectivity index (χ0n) is 12.3. The molecule has 1 atom stereocenters. The molecule has 0 saturated heterocycles. The van der Waals surface area contributed by atoms with E-state index in [1.807, 2.05) is 54.6 Å². The number of hydrogen-bond acceptors (Lipinski definition) is 2. The fraction of sp³-hybridized carbons (Fsp3) is 0.278. The normalized spacial score (nSPS) is 12.3. The highest BCUT2D eigenvalue weighted by Crippen LogP contribution is 2.35. The molecule has 2 nitrogen and oxygen atoms in total. The number of carbonyl (C=O) groups is 1. The van der Waals surface area contributed by atoms with Gasteiger partial charge in [-0.25, -0.2) is 0 Å². The molecule has 0 heterocycles. The van der Waals surface area contributed by atoms with Gasteiger partial charge in [-0.2, -0.15) is 0 Å². The van der Waals surface area contributed by atoms with Gasteiger partial charge in [-0.05, 0) is 35.6 Å². The third-order valence-electron chi connectivity index (χ3n) is 3.15. The number of thioether (sulfide) groups is 1. The first kappa shape index (κ1) is 15.6. The number of hydrogen-bond donors (Lipinski definition) is 1. The maximum atomic E-state index is 11.5. The molecule has 0 aliphatic carbocycles. The van der Waals surface area contributed by atoms with Crippen molar-refractivity contribution in [2.24, 2.45) is 5.92 Å². The van der Waals surface area contributed by atoms with Gasteiger partial charge < -0.3 is 5.11 Å². The van der Waals surface area contributed by atoms with Crippen molar-refractivity contribution in [3.05, 3.63) is 65.7 Å². The van der Waals surface area contributed by atoms with Gasteiger partial charge in [0.2, 0.25) is 0 Å². The molecule has 21 heavy (non-hydrogen) atoms. The van der Waals surface area contributed by atoms with E-state index in [1.165, 1.54) is 17.3 Å². The molecule has 0 spiro atoms. The van der Waals surface area contributed by atoms with Crippen LogP contribution in [0.4, 0.5) is 0 Å². The summed E-state index contributed by atoms with van der Waals surface area (Å²) in [6.45, 7) is 4.36. The van der Waals surface area contributed by atoms with Gasteiger partial charge in [0.05, 0.1) is 0 Å². The second-order valence-corrected chi connectivity index (χ2v) is 6.67. The molecule has 0 amide bonds. The summed E-state index contributed by atoms with van der Waals surface area (Å²) in [6.07, 6.45) is 1.02. The third-order valence-corrected chi connectivity index (χ3v) is 4.40. The third kappa shape index (κ3) is 4.64. The first-order valence-corrected chi connectivity index (χ1v) is 7.97. The number of carboxylic acids is 1. The Morgan fingerprint density at radius 1 is 1.05 bits per heavy atom. The summed E-state index contributed by atoms with van der Waals surface area (Å²) < 4.78 is 0. The molecule has 2 rings (SSSR count). The Morgan fingerprint density at radius 3 is 2.19 bits per heavy atom. The van der Waals surface area contributed by atoms with E-state index in [0.717, 1.165) is 16.9 Å². The lowest BCUT2D eigenvalue weighted by atomic mass is 10.0. The molecule has 0 saturated carbocycles. The molecule has 2 aromatic carbocycles. The fourth-order valence-corrected chi connectivity index (χ4v) is 3.18. The van der Waals surface area contributed by atoms with Crippen molar-refractivity contribution < 1.29 is 9.90 Å². The van der Waals surface area contributed by atoms with Gasteiger partial charge in [0.25, 0.3) is 0 Å². The van der Waals surface area contributed by atoms with Crippen LogP contribution in [0.5, 0.6) is 0 Å². The van der Waals surface area contributed by atoms with Crippen LogP contribution in [0.25, 0.3) is 0 Å². The van der Waals surface area contributed by atoms with E-state index in [1.54, 1.807) is 0 Å². The molecule has 0 aromatic heterocycles. The number of carboxylic acid groups (broad SMARTS) is 1.